The number of rotatable bonds is 6. The summed E-state index contributed by atoms with van der Waals surface area (Å²) in [6.07, 6.45) is 5.27. The Bertz CT molecular complexity index is 858. The molecule has 1 saturated heterocycles. The third-order valence-electron chi connectivity index (χ3n) is 5.42. The Balaban J connectivity index is 1.26. The van der Waals surface area contributed by atoms with E-state index in [4.69, 9.17) is 16.3 Å². The molecule has 2 heterocycles. The molecule has 0 atom stereocenters. The fourth-order valence-corrected chi connectivity index (χ4v) is 3.51. The predicted molar refractivity (Wildman–Crippen MR) is 111 cm³/mol. The van der Waals surface area contributed by atoms with Crippen LogP contribution >= 0.6 is 11.6 Å². The molecule has 0 radical (unpaired) electrons. The molecular weight excluding hydrogens is 390 g/mol. The zero-order chi connectivity index (χ0) is 20.2. The second-order valence-corrected chi connectivity index (χ2v) is 8.13. The molecule has 1 aromatic heterocycles. The lowest BCUT2D eigenvalue weighted by atomic mass is 9.95. The van der Waals surface area contributed by atoms with Crippen LogP contribution in [0.25, 0.3) is 0 Å². The minimum Gasteiger partial charge on any atom is -0.493 e. The molecule has 1 saturated carbocycles. The largest absolute Gasteiger partial charge is 0.493 e. The highest BCUT2D eigenvalue weighted by Crippen LogP contribution is 2.29. The number of nitrogens with one attached hydrogen (secondary N) is 1. The number of benzene rings is 1. The molecule has 2 fully saturated rings. The Morgan fingerprint density at radius 2 is 1.79 bits per heavy atom. The zero-order valence-corrected chi connectivity index (χ0v) is 16.9. The van der Waals surface area contributed by atoms with E-state index < -0.39 is 0 Å². The monoisotopic (exact) mass is 413 g/mol. The van der Waals surface area contributed by atoms with Gasteiger partial charge in [-0.2, -0.15) is 0 Å². The first-order chi connectivity index (χ1) is 14.1. The number of anilines is 1. The summed E-state index contributed by atoms with van der Waals surface area (Å²) < 4.78 is 5.72. The lowest BCUT2D eigenvalue weighted by Crippen LogP contribution is -2.41. The van der Waals surface area contributed by atoms with Crippen molar-refractivity contribution < 1.29 is 14.3 Å². The van der Waals surface area contributed by atoms with Crippen LogP contribution in [0.15, 0.2) is 42.6 Å². The minimum absolute atomic E-state index is 0.00281. The van der Waals surface area contributed by atoms with Crippen molar-refractivity contribution in [2.75, 3.05) is 25.0 Å². The minimum atomic E-state index is -0.130. The van der Waals surface area contributed by atoms with Gasteiger partial charge in [0.2, 0.25) is 5.91 Å². The van der Waals surface area contributed by atoms with Gasteiger partial charge in [0.25, 0.3) is 5.91 Å². The van der Waals surface area contributed by atoms with Crippen LogP contribution in [0.2, 0.25) is 5.02 Å². The van der Waals surface area contributed by atoms with Crippen molar-refractivity contribution in [1.82, 2.24) is 9.88 Å². The summed E-state index contributed by atoms with van der Waals surface area (Å²) in [7, 11) is 0. The number of amides is 2. The number of carbonyl (C=O) groups is 2. The van der Waals surface area contributed by atoms with Gasteiger partial charge < -0.3 is 15.0 Å². The van der Waals surface area contributed by atoms with Gasteiger partial charge in [0.1, 0.15) is 11.6 Å². The van der Waals surface area contributed by atoms with Gasteiger partial charge in [-0.3, -0.25) is 9.59 Å². The standard InChI is InChI=1S/C22H24ClN3O3/c23-18-5-8-20(24-13-18)25-21(27)16-9-11-26(12-10-16)22(28)17-3-6-19(7-4-17)29-14-15-1-2-15/h3-8,13,15-16H,1-2,9-12,14H2,(H,24,25,27). The first kappa shape index (κ1) is 19.7. The van der Waals surface area contributed by atoms with E-state index in [9.17, 15) is 9.59 Å². The van der Waals surface area contributed by atoms with Gasteiger partial charge in [-0.1, -0.05) is 11.6 Å². The van der Waals surface area contributed by atoms with E-state index >= 15 is 0 Å². The molecule has 1 aliphatic heterocycles. The van der Waals surface area contributed by atoms with Crippen LogP contribution in [0, 0.1) is 11.8 Å². The number of pyridine rings is 1. The first-order valence-electron chi connectivity index (χ1n) is 10.0. The summed E-state index contributed by atoms with van der Waals surface area (Å²) in [6, 6.07) is 10.7. The highest BCUT2D eigenvalue weighted by molar-refractivity contribution is 6.30. The van der Waals surface area contributed by atoms with E-state index in [1.807, 2.05) is 29.2 Å². The molecule has 6 nitrogen and oxygen atoms in total. The number of halogens is 1. The predicted octanol–water partition coefficient (Wildman–Crippen LogP) is 4.01. The molecule has 2 amide bonds. The summed E-state index contributed by atoms with van der Waals surface area (Å²) in [5.74, 6) is 1.79. The summed E-state index contributed by atoms with van der Waals surface area (Å²) in [5.41, 5.74) is 0.650. The topological polar surface area (TPSA) is 71.5 Å². The van der Waals surface area contributed by atoms with E-state index in [0.717, 1.165) is 12.4 Å². The van der Waals surface area contributed by atoms with Gasteiger partial charge in [0.05, 0.1) is 11.6 Å². The molecule has 1 N–H and O–H groups in total. The number of piperidine rings is 1. The number of likely N-dealkylation sites (tertiary alicyclic amines) is 1. The average Bonchev–Trinajstić information content (AvgIpc) is 3.58. The number of aromatic nitrogens is 1. The molecular formula is C22H24ClN3O3. The third-order valence-corrected chi connectivity index (χ3v) is 5.64. The SMILES string of the molecule is O=C(Nc1ccc(Cl)cn1)C1CCN(C(=O)c2ccc(OCC3CC3)cc2)CC1. The normalized spacial score (nSPS) is 17.1. The number of hydrogen-bond donors (Lipinski definition) is 1. The Morgan fingerprint density at radius 1 is 1.07 bits per heavy atom. The van der Waals surface area contributed by atoms with Crippen LogP contribution in [0.4, 0.5) is 5.82 Å². The van der Waals surface area contributed by atoms with Crippen molar-refractivity contribution in [1.29, 1.82) is 0 Å². The number of ether oxygens (including phenoxy) is 1. The van der Waals surface area contributed by atoms with E-state index in [-0.39, 0.29) is 17.7 Å². The second kappa shape index (κ2) is 8.82. The van der Waals surface area contributed by atoms with Crippen LogP contribution in [-0.4, -0.2) is 41.4 Å². The number of hydrogen-bond acceptors (Lipinski definition) is 4. The van der Waals surface area contributed by atoms with E-state index in [0.29, 0.717) is 48.3 Å². The molecule has 4 rings (SSSR count). The molecule has 1 aromatic carbocycles. The smallest absolute Gasteiger partial charge is 0.253 e. The molecule has 2 aliphatic rings. The van der Waals surface area contributed by atoms with Crippen molar-refractivity contribution in [2.45, 2.75) is 25.7 Å². The molecule has 0 spiro atoms. The number of nitrogens with zero attached hydrogens (tertiary/aromatic N) is 2. The molecule has 7 heteroatoms. The quantitative estimate of drug-likeness (QED) is 0.776. The zero-order valence-electron chi connectivity index (χ0n) is 16.1. The van der Waals surface area contributed by atoms with Gasteiger partial charge in [0.15, 0.2) is 0 Å². The van der Waals surface area contributed by atoms with Crippen molar-refractivity contribution in [3.63, 3.8) is 0 Å². The van der Waals surface area contributed by atoms with Crippen molar-refractivity contribution in [3.05, 3.63) is 53.2 Å². The molecule has 0 bridgehead atoms. The van der Waals surface area contributed by atoms with Gasteiger partial charge in [-0.05, 0) is 68.0 Å². The van der Waals surface area contributed by atoms with Crippen LogP contribution < -0.4 is 10.1 Å². The summed E-state index contributed by atoms with van der Waals surface area (Å²) in [4.78, 5) is 31.1. The molecule has 152 valence electrons. The Hall–Kier alpha value is -2.60. The maximum atomic E-state index is 12.7. The Kier molecular flexibility index (Phi) is 6.00. The van der Waals surface area contributed by atoms with E-state index in [2.05, 4.69) is 10.3 Å². The van der Waals surface area contributed by atoms with Crippen molar-refractivity contribution in [3.8, 4) is 5.75 Å². The molecule has 1 aliphatic carbocycles. The fourth-order valence-electron chi connectivity index (χ4n) is 3.40. The summed E-state index contributed by atoms with van der Waals surface area (Å²) >= 11 is 5.81. The highest BCUT2D eigenvalue weighted by Gasteiger charge is 2.28. The third kappa shape index (κ3) is 5.26. The molecule has 2 aromatic rings. The van der Waals surface area contributed by atoms with E-state index in [1.54, 1.807) is 12.1 Å². The molecule has 29 heavy (non-hydrogen) atoms. The average molecular weight is 414 g/mol. The Labute approximate surface area is 175 Å². The Morgan fingerprint density at radius 3 is 2.41 bits per heavy atom. The first-order valence-corrected chi connectivity index (χ1v) is 10.4. The van der Waals surface area contributed by atoms with Gasteiger partial charge in [0, 0.05) is 30.8 Å². The van der Waals surface area contributed by atoms with Crippen LogP contribution in [0.5, 0.6) is 5.75 Å². The maximum absolute atomic E-state index is 12.7. The summed E-state index contributed by atoms with van der Waals surface area (Å²) in [5, 5.41) is 3.34. The van der Waals surface area contributed by atoms with E-state index in [1.165, 1.54) is 19.0 Å². The van der Waals surface area contributed by atoms with Crippen LogP contribution in [0.3, 0.4) is 0 Å². The highest BCUT2D eigenvalue weighted by atomic mass is 35.5. The lowest BCUT2D eigenvalue weighted by molar-refractivity contribution is -0.121. The van der Waals surface area contributed by atoms with Crippen molar-refractivity contribution >= 4 is 29.2 Å². The van der Waals surface area contributed by atoms with Crippen molar-refractivity contribution in [2.24, 2.45) is 11.8 Å². The lowest BCUT2D eigenvalue weighted by Gasteiger charge is -2.31. The van der Waals surface area contributed by atoms with Gasteiger partial charge in [-0.25, -0.2) is 4.98 Å². The van der Waals surface area contributed by atoms with Gasteiger partial charge in [-0.15, -0.1) is 0 Å². The van der Waals surface area contributed by atoms with Gasteiger partial charge >= 0.3 is 0 Å². The fraction of sp³-hybridized carbons (Fsp3) is 0.409. The number of carbonyl (C=O) groups excluding carboxylic acids is 2. The maximum Gasteiger partial charge on any atom is 0.253 e. The van der Waals surface area contributed by atoms with Crippen LogP contribution in [0.1, 0.15) is 36.0 Å². The van der Waals surface area contributed by atoms with Crippen LogP contribution in [-0.2, 0) is 4.79 Å². The molecule has 0 unspecified atom stereocenters. The summed E-state index contributed by atoms with van der Waals surface area (Å²) in [6.45, 7) is 1.88. The second-order valence-electron chi connectivity index (χ2n) is 7.70.